The maximum absolute atomic E-state index is 12.2. The minimum absolute atomic E-state index is 0.0638. The summed E-state index contributed by atoms with van der Waals surface area (Å²) >= 11 is 5.95. The summed E-state index contributed by atoms with van der Waals surface area (Å²) in [6.45, 7) is 0.582. The first-order valence-corrected chi connectivity index (χ1v) is 7.86. The number of aromatic nitrogens is 1. The molecule has 1 heterocycles. The fourth-order valence-corrected chi connectivity index (χ4v) is 2.62. The second kappa shape index (κ2) is 7.16. The van der Waals surface area contributed by atoms with Crippen molar-refractivity contribution in [1.82, 2.24) is 9.88 Å². The molecule has 0 aliphatic carbocycles. The molecule has 1 N–H and O–H groups in total. The lowest BCUT2D eigenvalue weighted by molar-refractivity contribution is 0.0954. The molecule has 0 bridgehead atoms. The lowest BCUT2D eigenvalue weighted by atomic mass is 10.1. The topological polar surface area (TPSA) is 34.0 Å². The molecule has 0 saturated heterocycles. The standard InChI is InChI=1S/C19H17ClN2O/c20-17-5-3-4-15(14-17)10-11-21-19(23)16-6-8-18(9-7-16)22-12-1-2-13-22/h1-9,12-14H,10-11H2,(H,21,23). The molecule has 23 heavy (non-hydrogen) atoms. The van der Waals surface area contributed by atoms with E-state index in [0.29, 0.717) is 12.1 Å². The van der Waals surface area contributed by atoms with E-state index in [-0.39, 0.29) is 5.91 Å². The van der Waals surface area contributed by atoms with Crippen molar-refractivity contribution in [2.75, 3.05) is 6.54 Å². The average molecular weight is 325 g/mol. The van der Waals surface area contributed by atoms with Crippen LogP contribution in [0.5, 0.6) is 0 Å². The van der Waals surface area contributed by atoms with Gasteiger partial charge in [-0.3, -0.25) is 4.79 Å². The molecule has 0 fully saturated rings. The monoisotopic (exact) mass is 324 g/mol. The molecular formula is C19H17ClN2O. The minimum Gasteiger partial charge on any atom is -0.352 e. The van der Waals surface area contributed by atoms with Crippen LogP contribution in [0.3, 0.4) is 0 Å². The van der Waals surface area contributed by atoms with Gasteiger partial charge in [-0.15, -0.1) is 0 Å². The predicted octanol–water partition coefficient (Wildman–Crippen LogP) is 4.10. The molecule has 3 rings (SSSR count). The Labute approximate surface area is 140 Å². The molecule has 1 amide bonds. The second-order valence-corrected chi connectivity index (χ2v) is 5.71. The summed E-state index contributed by atoms with van der Waals surface area (Å²) in [5.41, 5.74) is 2.80. The van der Waals surface area contributed by atoms with E-state index in [1.807, 2.05) is 77.6 Å². The molecule has 0 aliphatic rings. The molecule has 0 saturated carbocycles. The fourth-order valence-electron chi connectivity index (χ4n) is 2.41. The van der Waals surface area contributed by atoms with E-state index in [4.69, 9.17) is 11.6 Å². The zero-order chi connectivity index (χ0) is 16.1. The quantitative estimate of drug-likeness (QED) is 0.753. The molecule has 3 nitrogen and oxygen atoms in total. The van der Waals surface area contributed by atoms with E-state index in [1.165, 1.54) is 0 Å². The number of carbonyl (C=O) groups is 1. The van der Waals surface area contributed by atoms with Crippen LogP contribution in [0.4, 0.5) is 0 Å². The number of nitrogens with zero attached hydrogens (tertiary/aromatic N) is 1. The highest BCUT2D eigenvalue weighted by Crippen LogP contribution is 2.12. The van der Waals surface area contributed by atoms with Gasteiger partial charge < -0.3 is 9.88 Å². The van der Waals surface area contributed by atoms with Gasteiger partial charge in [-0.2, -0.15) is 0 Å². The third kappa shape index (κ3) is 4.02. The highest BCUT2D eigenvalue weighted by atomic mass is 35.5. The minimum atomic E-state index is -0.0638. The van der Waals surface area contributed by atoms with E-state index in [9.17, 15) is 4.79 Å². The van der Waals surface area contributed by atoms with Crippen LogP contribution in [0.15, 0.2) is 73.1 Å². The van der Waals surface area contributed by atoms with Crippen molar-refractivity contribution in [3.63, 3.8) is 0 Å². The smallest absolute Gasteiger partial charge is 0.251 e. The number of rotatable bonds is 5. The Morgan fingerprint density at radius 2 is 1.74 bits per heavy atom. The van der Waals surface area contributed by atoms with Crippen LogP contribution >= 0.6 is 11.6 Å². The van der Waals surface area contributed by atoms with Crippen LogP contribution in [0.2, 0.25) is 5.02 Å². The molecular weight excluding hydrogens is 308 g/mol. The van der Waals surface area contributed by atoms with Crippen molar-refractivity contribution in [3.8, 4) is 5.69 Å². The summed E-state index contributed by atoms with van der Waals surface area (Å²) in [5, 5.41) is 3.65. The van der Waals surface area contributed by atoms with E-state index < -0.39 is 0 Å². The maximum Gasteiger partial charge on any atom is 0.251 e. The van der Waals surface area contributed by atoms with Crippen LogP contribution < -0.4 is 5.32 Å². The third-order valence-corrected chi connectivity index (χ3v) is 3.86. The first-order chi connectivity index (χ1) is 11.2. The van der Waals surface area contributed by atoms with E-state index in [1.54, 1.807) is 0 Å². The van der Waals surface area contributed by atoms with Crippen LogP contribution in [0.1, 0.15) is 15.9 Å². The summed E-state index contributed by atoms with van der Waals surface area (Å²) in [5.74, 6) is -0.0638. The fraction of sp³-hybridized carbons (Fsp3) is 0.105. The Kier molecular flexibility index (Phi) is 4.79. The molecule has 0 spiro atoms. The third-order valence-electron chi connectivity index (χ3n) is 3.62. The van der Waals surface area contributed by atoms with E-state index in [2.05, 4.69) is 5.32 Å². The molecule has 0 unspecified atom stereocenters. The number of hydrogen-bond acceptors (Lipinski definition) is 1. The summed E-state index contributed by atoms with van der Waals surface area (Å²) in [7, 11) is 0. The van der Waals surface area contributed by atoms with Crippen molar-refractivity contribution >= 4 is 17.5 Å². The first-order valence-electron chi connectivity index (χ1n) is 7.48. The average Bonchev–Trinajstić information content (AvgIpc) is 3.09. The van der Waals surface area contributed by atoms with Crippen LogP contribution in [-0.4, -0.2) is 17.0 Å². The molecule has 3 aromatic rings. The van der Waals surface area contributed by atoms with Gasteiger partial charge >= 0.3 is 0 Å². The van der Waals surface area contributed by atoms with Gasteiger partial charge in [-0.25, -0.2) is 0 Å². The highest BCUT2D eigenvalue weighted by Gasteiger charge is 2.05. The van der Waals surface area contributed by atoms with Crippen LogP contribution in [0.25, 0.3) is 5.69 Å². The molecule has 116 valence electrons. The van der Waals surface area contributed by atoms with Crippen molar-refractivity contribution in [2.45, 2.75) is 6.42 Å². The van der Waals surface area contributed by atoms with Crippen molar-refractivity contribution in [3.05, 3.63) is 89.2 Å². The first kappa shape index (κ1) is 15.4. The zero-order valence-electron chi connectivity index (χ0n) is 12.6. The summed E-state index contributed by atoms with van der Waals surface area (Å²) < 4.78 is 2.00. The highest BCUT2D eigenvalue weighted by molar-refractivity contribution is 6.30. The number of nitrogens with one attached hydrogen (secondary N) is 1. The van der Waals surface area contributed by atoms with E-state index in [0.717, 1.165) is 22.7 Å². The molecule has 0 radical (unpaired) electrons. The molecule has 1 aromatic heterocycles. The SMILES string of the molecule is O=C(NCCc1cccc(Cl)c1)c1ccc(-n2cccc2)cc1. The summed E-state index contributed by atoms with van der Waals surface area (Å²) in [6, 6.07) is 19.2. The van der Waals surface area contributed by atoms with Gasteiger partial charge in [-0.1, -0.05) is 23.7 Å². The number of benzene rings is 2. The lowest BCUT2D eigenvalue weighted by Gasteiger charge is -2.07. The largest absolute Gasteiger partial charge is 0.352 e. The lowest BCUT2D eigenvalue weighted by Crippen LogP contribution is -2.25. The Balaban J connectivity index is 1.56. The van der Waals surface area contributed by atoms with Crippen LogP contribution in [0, 0.1) is 0 Å². The number of halogens is 1. The van der Waals surface area contributed by atoms with Gasteiger partial charge in [0.15, 0.2) is 0 Å². The van der Waals surface area contributed by atoms with Gasteiger partial charge in [0.1, 0.15) is 0 Å². The van der Waals surface area contributed by atoms with Gasteiger partial charge in [-0.05, 0) is 60.5 Å². The summed E-state index contributed by atoms with van der Waals surface area (Å²) in [4.78, 5) is 12.2. The molecule has 0 atom stereocenters. The van der Waals surface area contributed by atoms with Gasteiger partial charge in [0.05, 0.1) is 0 Å². The van der Waals surface area contributed by atoms with Crippen molar-refractivity contribution in [1.29, 1.82) is 0 Å². The number of hydrogen-bond donors (Lipinski definition) is 1. The van der Waals surface area contributed by atoms with Gasteiger partial charge in [0.25, 0.3) is 5.91 Å². The molecule has 4 heteroatoms. The Morgan fingerprint density at radius 3 is 2.43 bits per heavy atom. The zero-order valence-corrected chi connectivity index (χ0v) is 13.3. The Bertz CT molecular complexity index is 779. The summed E-state index contributed by atoms with van der Waals surface area (Å²) in [6.07, 6.45) is 4.70. The normalized spacial score (nSPS) is 10.5. The predicted molar refractivity (Wildman–Crippen MR) is 93.3 cm³/mol. The maximum atomic E-state index is 12.2. The van der Waals surface area contributed by atoms with Gasteiger partial charge in [0, 0.05) is 35.2 Å². The van der Waals surface area contributed by atoms with Crippen molar-refractivity contribution in [2.24, 2.45) is 0 Å². The number of carbonyl (C=O) groups excluding carboxylic acids is 1. The van der Waals surface area contributed by atoms with Gasteiger partial charge in [0.2, 0.25) is 0 Å². The van der Waals surface area contributed by atoms with E-state index >= 15 is 0 Å². The molecule has 0 aliphatic heterocycles. The second-order valence-electron chi connectivity index (χ2n) is 5.27. The Hall–Kier alpha value is -2.52. The number of amides is 1. The molecule has 2 aromatic carbocycles. The van der Waals surface area contributed by atoms with Crippen LogP contribution in [-0.2, 0) is 6.42 Å². The van der Waals surface area contributed by atoms with Crippen molar-refractivity contribution < 1.29 is 4.79 Å². The Morgan fingerprint density at radius 1 is 1.00 bits per heavy atom.